The Balaban J connectivity index is 3.19. The van der Waals surface area contributed by atoms with Crippen LogP contribution in [0.25, 0.3) is 0 Å². The molecule has 1 aromatic rings. The minimum absolute atomic E-state index is 0.150. The fourth-order valence-corrected chi connectivity index (χ4v) is 1.44. The maximum Gasteiger partial charge on any atom is 0.196 e. The number of rotatable bonds is 0. The second-order valence-corrected chi connectivity index (χ2v) is 5.52. The fraction of sp³-hybridized carbons (Fsp3) is 0.727. The summed E-state index contributed by atoms with van der Waals surface area (Å²) < 4.78 is 4.54. The van der Waals surface area contributed by atoms with Gasteiger partial charge in [-0.1, -0.05) is 0 Å². The normalized spacial score (nSPS) is 13.4. The number of hydrogen-bond acceptors (Lipinski definition) is 0. The summed E-state index contributed by atoms with van der Waals surface area (Å²) in [7, 11) is 0. The largest absolute Gasteiger partial charge is 0.196 e. The van der Waals surface area contributed by atoms with Gasteiger partial charge in [0.25, 0.3) is 0 Å². The molecule has 0 radical (unpaired) electrons. The van der Waals surface area contributed by atoms with E-state index in [4.69, 9.17) is 0 Å². The summed E-state index contributed by atoms with van der Waals surface area (Å²) in [4.78, 5) is 0. The van der Waals surface area contributed by atoms with Crippen molar-refractivity contribution in [3.63, 3.8) is 0 Å². The smallest absolute Gasteiger partial charge is 0.155 e. The molecule has 0 aromatic carbocycles. The first-order valence-electron chi connectivity index (χ1n) is 4.83. The molecule has 0 N–H and O–H groups in total. The molecule has 0 saturated carbocycles. The molecule has 0 aliphatic rings. The van der Waals surface area contributed by atoms with Crippen molar-refractivity contribution in [2.75, 3.05) is 0 Å². The van der Waals surface area contributed by atoms with Gasteiger partial charge in [-0.2, -0.15) is 4.68 Å². The molecule has 0 atom stereocenters. The highest BCUT2D eigenvalue weighted by atomic mass is 15.4. The number of hydrogen-bond donors (Lipinski definition) is 0. The van der Waals surface area contributed by atoms with E-state index < -0.39 is 0 Å². The molecule has 0 aliphatic carbocycles. The molecule has 13 heavy (non-hydrogen) atoms. The lowest BCUT2D eigenvalue weighted by atomic mass is 10.1. The van der Waals surface area contributed by atoms with Crippen LogP contribution in [-0.4, -0.2) is 4.68 Å². The second-order valence-electron chi connectivity index (χ2n) is 5.52. The lowest BCUT2D eigenvalue weighted by molar-refractivity contribution is -0.830. The van der Waals surface area contributed by atoms with Crippen LogP contribution in [0.5, 0.6) is 0 Å². The molecule has 2 nitrogen and oxygen atoms in total. The molecule has 0 bridgehead atoms. The molecule has 1 aromatic heterocycles. The first-order valence-corrected chi connectivity index (χ1v) is 4.83. The summed E-state index contributed by atoms with van der Waals surface area (Å²) in [5.41, 5.74) is 0.299. The SMILES string of the molecule is CC(C)(C)n1ccc[n+]1C(C)(C)C. The topological polar surface area (TPSA) is 8.81 Å². The second kappa shape index (κ2) is 2.86. The van der Waals surface area contributed by atoms with Gasteiger partial charge in [-0.3, -0.25) is 0 Å². The highest BCUT2D eigenvalue weighted by Crippen LogP contribution is 2.13. The van der Waals surface area contributed by atoms with Gasteiger partial charge in [0.05, 0.1) is 11.7 Å². The zero-order valence-corrected chi connectivity index (χ0v) is 9.63. The van der Waals surface area contributed by atoms with E-state index >= 15 is 0 Å². The summed E-state index contributed by atoms with van der Waals surface area (Å²) in [6.07, 6.45) is 4.26. The van der Waals surface area contributed by atoms with Gasteiger partial charge in [-0.25, -0.2) is 0 Å². The summed E-state index contributed by atoms with van der Waals surface area (Å²) in [6, 6.07) is 2.09. The van der Waals surface area contributed by atoms with E-state index in [1.165, 1.54) is 0 Å². The zero-order chi connectivity index (χ0) is 10.3. The maximum absolute atomic E-state index is 2.27. The van der Waals surface area contributed by atoms with E-state index in [-0.39, 0.29) is 11.1 Å². The van der Waals surface area contributed by atoms with Crippen molar-refractivity contribution < 1.29 is 4.68 Å². The molecule has 2 heteroatoms. The molecule has 0 aliphatic heterocycles. The quantitative estimate of drug-likeness (QED) is 0.543. The van der Waals surface area contributed by atoms with Crippen molar-refractivity contribution in [3.05, 3.63) is 18.5 Å². The first kappa shape index (κ1) is 10.3. The van der Waals surface area contributed by atoms with E-state index in [1.807, 2.05) is 0 Å². The Morgan fingerprint density at radius 2 is 1.54 bits per heavy atom. The van der Waals surface area contributed by atoms with Gasteiger partial charge >= 0.3 is 0 Å². The lowest BCUT2D eigenvalue weighted by Gasteiger charge is -2.23. The Hall–Kier alpha value is -0.790. The van der Waals surface area contributed by atoms with E-state index in [9.17, 15) is 0 Å². The zero-order valence-electron chi connectivity index (χ0n) is 9.63. The summed E-state index contributed by atoms with van der Waals surface area (Å²) in [6.45, 7) is 13.3. The van der Waals surface area contributed by atoms with Crippen molar-refractivity contribution in [2.45, 2.75) is 52.6 Å². The lowest BCUT2D eigenvalue weighted by Crippen LogP contribution is -2.59. The number of nitrogens with zero attached hydrogens (tertiary/aromatic N) is 2. The first-order chi connectivity index (χ1) is 5.73. The van der Waals surface area contributed by atoms with Gasteiger partial charge in [0.1, 0.15) is 0 Å². The van der Waals surface area contributed by atoms with E-state index in [2.05, 4.69) is 69.4 Å². The van der Waals surface area contributed by atoms with Crippen LogP contribution in [0.4, 0.5) is 0 Å². The third-order valence-corrected chi connectivity index (χ3v) is 2.06. The average Bonchev–Trinajstić information content (AvgIpc) is 2.27. The third kappa shape index (κ3) is 2.11. The van der Waals surface area contributed by atoms with Crippen LogP contribution in [0.3, 0.4) is 0 Å². The van der Waals surface area contributed by atoms with Crippen molar-refractivity contribution in [2.24, 2.45) is 0 Å². The van der Waals surface area contributed by atoms with E-state index in [1.54, 1.807) is 0 Å². The minimum atomic E-state index is 0.150. The Morgan fingerprint density at radius 3 is 1.85 bits per heavy atom. The Morgan fingerprint density at radius 1 is 1.00 bits per heavy atom. The minimum Gasteiger partial charge on any atom is -0.155 e. The molecule has 1 rings (SSSR count). The average molecular weight is 181 g/mol. The Kier molecular flexibility index (Phi) is 2.27. The molecule has 0 spiro atoms. The monoisotopic (exact) mass is 181 g/mol. The molecule has 74 valence electrons. The van der Waals surface area contributed by atoms with Gasteiger partial charge in [0.2, 0.25) is 0 Å². The fourth-order valence-electron chi connectivity index (χ4n) is 1.44. The van der Waals surface area contributed by atoms with Crippen LogP contribution in [0.2, 0.25) is 0 Å². The van der Waals surface area contributed by atoms with E-state index in [0.29, 0.717) is 0 Å². The summed E-state index contributed by atoms with van der Waals surface area (Å²) in [5, 5.41) is 0. The Labute approximate surface area is 81.2 Å². The van der Waals surface area contributed by atoms with Crippen LogP contribution < -0.4 is 4.68 Å². The van der Waals surface area contributed by atoms with Gasteiger partial charge < -0.3 is 0 Å². The van der Waals surface area contributed by atoms with Crippen LogP contribution in [0.15, 0.2) is 18.5 Å². The molecular weight excluding hydrogens is 160 g/mol. The van der Waals surface area contributed by atoms with Crippen molar-refractivity contribution in [1.29, 1.82) is 0 Å². The van der Waals surface area contributed by atoms with Gasteiger partial charge in [-0.05, 0) is 20.8 Å². The predicted octanol–water partition coefficient (Wildman–Crippen LogP) is 2.29. The van der Waals surface area contributed by atoms with Crippen LogP contribution in [0.1, 0.15) is 41.5 Å². The van der Waals surface area contributed by atoms with Crippen LogP contribution in [0, 0.1) is 0 Å². The molecule has 0 unspecified atom stereocenters. The molecular formula is C11H21N2+. The molecule has 1 heterocycles. The highest BCUT2D eigenvalue weighted by Gasteiger charge is 2.30. The third-order valence-electron chi connectivity index (χ3n) is 2.06. The van der Waals surface area contributed by atoms with Crippen molar-refractivity contribution in [1.82, 2.24) is 4.68 Å². The van der Waals surface area contributed by atoms with Crippen LogP contribution in [-0.2, 0) is 11.1 Å². The van der Waals surface area contributed by atoms with Crippen LogP contribution >= 0.6 is 0 Å². The summed E-state index contributed by atoms with van der Waals surface area (Å²) in [5.74, 6) is 0. The number of aromatic nitrogens is 2. The van der Waals surface area contributed by atoms with Gasteiger partial charge in [0.15, 0.2) is 11.7 Å². The predicted molar refractivity (Wildman–Crippen MR) is 54.6 cm³/mol. The Bertz CT molecular complexity index is 255. The summed E-state index contributed by atoms with van der Waals surface area (Å²) >= 11 is 0. The molecule has 0 saturated heterocycles. The van der Waals surface area contributed by atoms with Crippen molar-refractivity contribution >= 4 is 0 Å². The maximum atomic E-state index is 2.27. The van der Waals surface area contributed by atoms with Gasteiger partial charge in [-0.15, -0.1) is 4.68 Å². The standard InChI is InChI=1S/C11H21N2/c1-10(2,3)12-8-7-9-13(12)11(4,5)6/h7-9H,1-6H3/q+1. The van der Waals surface area contributed by atoms with E-state index in [0.717, 1.165) is 0 Å². The van der Waals surface area contributed by atoms with Crippen molar-refractivity contribution in [3.8, 4) is 0 Å². The molecule has 0 amide bonds. The van der Waals surface area contributed by atoms with Gasteiger partial charge in [0, 0.05) is 26.8 Å². The highest BCUT2D eigenvalue weighted by molar-refractivity contribution is 4.79. The molecule has 0 fully saturated rings.